The molecular weight excluding hydrogens is 346 g/mol. The zero-order valence-electron chi connectivity index (χ0n) is 12.7. The molecule has 1 aliphatic rings. The average molecular weight is 359 g/mol. The minimum Gasteiger partial charge on any atom is -0.497 e. The molecule has 2 heterocycles. The Labute approximate surface area is 146 Å². The number of nitrogens with zero attached hydrogens (tertiary/aromatic N) is 1. The van der Waals surface area contributed by atoms with E-state index in [1.54, 1.807) is 30.3 Å². The Morgan fingerprint density at radius 2 is 2.08 bits per heavy atom. The second kappa shape index (κ2) is 7.02. The van der Waals surface area contributed by atoms with Gasteiger partial charge in [-0.25, -0.2) is 0 Å². The molecule has 0 N–H and O–H groups in total. The maximum atomic E-state index is 12.4. The molecule has 0 saturated carbocycles. The molecule has 0 bridgehead atoms. The van der Waals surface area contributed by atoms with Crippen molar-refractivity contribution in [3.63, 3.8) is 0 Å². The summed E-state index contributed by atoms with van der Waals surface area (Å²) < 4.78 is 5.08. The lowest BCUT2D eigenvalue weighted by molar-refractivity contribution is -0.122. The maximum absolute atomic E-state index is 12.4. The highest BCUT2D eigenvalue weighted by atomic mass is 32.2. The van der Waals surface area contributed by atoms with Crippen molar-refractivity contribution in [2.45, 2.75) is 0 Å². The number of carbonyl (C=O) groups excluding carboxylic acids is 3. The van der Waals surface area contributed by atoms with Gasteiger partial charge in [-0.3, -0.25) is 19.3 Å². The molecule has 1 fully saturated rings. The Morgan fingerprint density at radius 3 is 2.79 bits per heavy atom. The highest BCUT2D eigenvalue weighted by Gasteiger charge is 2.36. The third kappa shape index (κ3) is 3.42. The number of hydrogen-bond acceptors (Lipinski definition) is 6. The number of benzene rings is 1. The first-order valence-electron chi connectivity index (χ1n) is 7.04. The summed E-state index contributed by atoms with van der Waals surface area (Å²) in [6.07, 6.45) is 1.67. The van der Waals surface area contributed by atoms with Crippen molar-refractivity contribution >= 4 is 46.1 Å². The monoisotopic (exact) mass is 359 g/mol. The van der Waals surface area contributed by atoms with Crippen LogP contribution in [0.2, 0.25) is 0 Å². The fourth-order valence-electron chi connectivity index (χ4n) is 2.17. The van der Waals surface area contributed by atoms with E-state index in [0.29, 0.717) is 16.2 Å². The number of hydrogen-bond donors (Lipinski definition) is 0. The molecule has 0 unspecified atom stereocenters. The largest absolute Gasteiger partial charge is 0.497 e. The van der Waals surface area contributed by atoms with Gasteiger partial charge in [0.25, 0.3) is 11.1 Å². The number of rotatable bonds is 5. The van der Waals surface area contributed by atoms with E-state index in [9.17, 15) is 14.4 Å². The van der Waals surface area contributed by atoms with Gasteiger partial charge in [-0.15, -0.1) is 11.3 Å². The van der Waals surface area contributed by atoms with Gasteiger partial charge in [0.1, 0.15) is 5.75 Å². The Balaban J connectivity index is 1.76. The van der Waals surface area contributed by atoms with E-state index in [-0.39, 0.29) is 12.3 Å². The van der Waals surface area contributed by atoms with E-state index >= 15 is 0 Å². The van der Waals surface area contributed by atoms with Crippen LogP contribution in [-0.4, -0.2) is 35.5 Å². The number of thioether (sulfide) groups is 1. The Bertz CT molecular complexity index is 827. The van der Waals surface area contributed by atoms with Crippen molar-refractivity contribution in [1.82, 2.24) is 4.90 Å². The van der Waals surface area contributed by atoms with Gasteiger partial charge in [0.15, 0.2) is 5.78 Å². The van der Waals surface area contributed by atoms with E-state index in [0.717, 1.165) is 21.5 Å². The fraction of sp³-hybridized carbons (Fsp3) is 0.118. The van der Waals surface area contributed by atoms with Crippen LogP contribution in [0.3, 0.4) is 0 Å². The molecule has 1 saturated heterocycles. The van der Waals surface area contributed by atoms with Crippen LogP contribution in [0.1, 0.15) is 15.2 Å². The topological polar surface area (TPSA) is 63.7 Å². The minimum atomic E-state index is -0.436. The molecule has 1 aliphatic heterocycles. The number of Topliss-reactive ketones (excluding diaryl/α,β-unsaturated/α-hetero) is 1. The fourth-order valence-corrected chi connectivity index (χ4v) is 3.73. The highest BCUT2D eigenvalue weighted by molar-refractivity contribution is 8.18. The molecule has 122 valence electrons. The number of carbonyl (C=O) groups is 3. The molecule has 3 rings (SSSR count). The quantitative estimate of drug-likeness (QED) is 0.602. The van der Waals surface area contributed by atoms with Gasteiger partial charge in [0.05, 0.1) is 18.6 Å². The molecule has 0 radical (unpaired) electrons. The molecule has 5 nitrogen and oxygen atoms in total. The summed E-state index contributed by atoms with van der Waals surface area (Å²) in [7, 11) is 1.51. The molecule has 1 aromatic heterocycles. The van der Waals surface area contributed by atoms with Crippen LogP contribution < -0.4 is 4.74 Å². The summed E-state index contributed by atoms with van der Waals surface area (Å²) in [6.45, 7) is -0.278. The number of thiophene rings is 1. The van der Waals surface area contributed by atoms with Gasteiger partial charge in [-0.1, -0.05) is 18.2 Å². The van der Waals surface area contributed by atoms with Crippen molar-refractivity contribution in [3.8, 4) is 5.75 Å². The molecule has 1 aromatic carbocycles. The average Bonchev–Trinajstić information content (AvgIpc) is 3.19. The van der Waals surface area contributed by atoms with Crippen LogP contribution in [-0.2, 0) is 4.79 Å². The zero-order valence-corrected chi connectivity index (χ0v) is 14.4. The lowest BCUT2D eigenvalue weighted by Crippen LogP contribution is -2.33. The second-order valence-electron chi connectivity index (χ2n) is 4.94. The predicted octanol–water partition coefficient (Wildman–Crippen LogP) is 3.68. The van der Waals surface area contributed by atoms with E-state index in [1.807, 2.05) is 17.5 Å². The van der Waals surface area contributed by atoms with E-state index in [2.05, 4.69) is 0 Å². The third-order valence-electron chi connectivity index (χ3n) is 3.38. The molecule has 24 heavy (non-hydrogen) atoms. The predicted molar refractivity (Wildman–Crippen MR) is 94.3 cm³/mol. The summed E-state index contributed by atoms with van der Waals surface area (Å²) >= 11 is 2.33. The van der Waals surface area contributed by atoms with Crippen molar-refractivity contribution in [2.24, 2.45) is 0 Å². The highest BCUT2D eigenvalue weighted by Crippen LogP contribution is 2.33. The normalized spacial score (nSPS) is 16.0. The van der Waals surface area contributed by atoms with Gasteiger partial charge >= 0.3 is 0 Å². The summed E-state index contributed by atoms with van der Waals surface area (Å²) in [5.74, 6) is -0.198. The van der Waals surface area contributed by atoms with Gasteiger partial charge in [-0.2, -0.15) is 0 Å². The Morgan fingerprint density at radius 1 is 1.25 bits per heavy atom. The maximum Gasteiger partial charge on any atom is 0.293 e. The van der Waals surface area contributed by atoms with Crippen LogP contribution in [0.5, 0.6) is 5.75 Å². The van der Waals surface area contributed by atoms with E-state index in [1.165, 1.54) is 18.4 Å². The second-order valence-corrected chi connectivity index (χ2v) is 6.91. The molecule has 7 heteroatoms. The summed E-state index contributed by atoms with van der Waals surface area (Å²) in [5, 5.41) is 1.46. The number of amides is 2. The van der Waals surface area contributed by atoms with Crippen molar-refractivity contribution in [2.75, 3.05) is 13.7 Å². The number of methoxy groups -OCH3 is 1. The van der Waals surface area contributed by atoms with Crippen LogP contribution in [0.4, 0.5) is 4.79 Å². The lowest BCUT2D eigenvalue weighted by atomic mass is 10.1. The summed E-state index contributed by atoms with van der Waals surface area (Å²) in [5.41, 5.74) is 0.399. The molecule has 0 aliphatic carbocycles. The molecule has 0 spiro atoms. The number of imide groups is 1. The van der Waals surface area contributed by atoms with Crippen LogP contribution in [0, 0.1) is 0 Å². The van der Waals surface area contributed by atoms with Crippen LogP contribution >= 0.6 is 23.1 Å². The minimum absolute atomic E-state index is 0.278. The van der Waals surface area contributed by atoms with Gasteiger partial charge in [-0.05, 0) is 41.4 Å². The standard InChI is InChI=1S/C17H13NO4S2/c1-22-12-5-2-4-11(8-12)14(19)10-18-16(20)15(24-17(18)21)9-13-6-3-7-23-13/h2-9H,10H2,1H3/b15-9-. The van der Waals surface area contributed by atoms with E-state index < -0.39 is 11.1 Å². The summed E-state index contributed by atoms with van der Waals surface area (Å²) in [4.78, 5) is 39.0. The number of ketones is 1. The van der Waals surface area contributed by atoms with Gasteiger partial charge < -0.3 is 4.74 Å². The zero-order chi connectivity index (χ0) is 17.1. The first kappa shape index (κ1) is 16.5. The van der Waals surface area contributed by atoms with Crippen LogP contribution in [0.25, 0.3) is 6.08 Å². The number of ether oxygens (including phenoxy) is 1. The smallest absolute Gasteiger partial charge is 0.293 e. The summed E-state index contributed by atoms with van der Waals surface area (Å²) in [6, 6.07) is 10.4. The Hall–Kier alpha value is -2.38. The first-order chi connectivity index (χ1) is 11.6. The lowest BCUT2D eigenvalue weighted by Gasteiger charge is -2.11. The third-order valence-corrected chi connectivity index (χ3v) is 5.11. The van der Waals surface area contributed by atoms with Crippen molar-refractivity contribution in [1.29, 1.82) is 0 Å². The molecule has 0 atom stereocenters. The van der Waals surface area contributed by atoms with Crippen molar-refractivity contribution < 1.29 is 19.1 Å². The van der Waals surface area contributed by atoms with Crippen LogP contribution in [0.15, 0.2) is 46.7 Å². The van der Waals surface area contributed by atoms with Crippen molar-refractivity contribution in [3.05, 3.63) is 57.1 Å². The van der Waals surface area contributed by atoms with Gasteiger partial charge in [0.2, 0.25) is 0 Å². The Kier molecular flexibility index (Phi) is 4.82. The molecule has 2 aromatic rings. The first-order valence-corrected chi connectivity index (χ1v) is 8.74. The van der Waals surface area contributed by atoms with Gasteiger partial charge in [0, 0.05) is 10.4 Å². The molecular formula is C17H13NO4S2. The SMILES string of the molecule is COc1cccc(C(=O)CN2C(=O)S/C(=C\c3cccs3)C2=O)c1. The van der Waals surface area contributed by atoms with E-state index in [4.69, 9.17) is 4.74 Å². The molecule has 2 amide bonds.